The van der Waals surface area contributed by atoms with Gasteiger partial charge in [-0.25, -0.2) is 0 Å². The molecular formula is C15H26O. The molecular weight excluding hydrogens is 196 g/mol. The third-order valence-corrected chi connectivity index (χ3v) is 6.42. The topological polar surface area (TPSA) is 20.2 Å². The van der Waals surface area contributed by atoms with Crippen LogP contribution in [0.25, 0.3) is 0 Å². The van der Waals surface area contributed by atoms with E-state index >= 15 is 0 Å². The van der Waals surface area contributed by atoms with Crippen molar-refractivity contribution in [2.24, 2.45) is 28.6 Å². The molecule has 4 bridgehead atoms. The molecule has 92 valence electrons. The number of rotatable bonds is 0. The first kappa shape index (κ1) is 11.1. The van der Waals surface area contributed by atoms with Gasteiger partial charge in [-0.2, -0.15) is 0 Å². The van der Waals surface area contributed by atoms with Gasteiger partial charge in [0.2, 0.25) is 0 Å². The predicted octanol–water partition coefficient (Wildman–Crippen LogP) is 3.61. The first-order valence-electron chi connectivity index (χ1n) is 7.01. The van der Waals surface area contributed by atoms with Gasteiger partial charge in [0, 0.05) is 0 Å². The van der Waals surface area contributed by atoms with Crippen LogP contribution in [0.2, 0.25) is 0 Å². The summed E-state index contributed by atoms with van der Waals surface area (Å²) in [5.41, 5.74) is 0.520. The van der Waals surface area contributed by atoms with Gasteiger partial charge in [0.15, 0.2) is 0 Å². The van der Waals surface area contributed by atoms with Gasteiger partial charge in [-0.3, -0.25) is 0 Å². The van der Waals surface area contributed by atoms with Gasteiger partial charge in [0.25, 0.3) is 0 Å². The SMILES string of the molecule is CC1(C)CCCC2(C)C3CC[C@](C)(O)C2C31. The molecule has 0 radical (unpaired) electrons. The van der Waals surface area contributed by atoms with Crippen molar-refractivity contribution < 1.29 is 5.11 Å². The zero-order chi connectivity index (χ0) is 11.8. The fourth-order valence-electron chi connectivity index (χ4n) is 5.80. The minimum absolute atomic E-state index is 0.393. The Morgan fingerprint density at radius 1 is 1.00 bits per heavy atom. The van der Waals surface area contributed by atoms with E-state index in [0.717, 1.165) is 18.3 Å². The molecule has 0 saturated heterocycles. The van der Waals surface area contributed by atoms with E-state index in [0.29, 0.717) is 16.7 Å². The first-order chi connectivity index (χ1) is 7.29. The molecule has 5 atom stereocenters. The van der Waals surface area contributed by atoms with Crippen LogP contribution in [-0.4, -0.2) is 10.7 Å². The van der Waals surface area contributed by atoms with Crippen LogP contribution in [0.15, 0.2) is 0 Å². The highest BCUT2D eigenvalue weighted by molar-refractivity contribution is 5.19. The summed E-state index contributed by atoms with van der Waals surface area (Å²) in [6.07, 6.45) is 6.36. The maximum absolute atomic E-state index is 10.7. The summed E-state index contributed by atoms with van der Waals surface area (Å²) in [7, 11) is 0. The molecule has 0 spiro atoms. The lowest BCUT2D eigenvalue weighted by Crippen LogP contribution is -2.69. The van der Waals surface area contributed by atoms with Crippen molar-refractivity contribution in [1.29, 1.82) is 0 Å². The highest BCUT2D eigenvalue weighted by atomic mass is 16.3. The Hall–Kier alpha value is -0.0400. The molecule has 3 rings (SSSR count). The molecule has 3 aliphatic carbocycles. The van der Waals surface area contributed by atoms with E-state index in [1.54, 1.807) is 0 Å². The number of fused-ring (bicyclic) bond motifs is 1. The lowest BCUT2D eigenvalue weighted by atomic mass is 9.35. The number of hydrogen-bond donors (Lipinski definition) is 1. The molecule has 0 aromatic heterocycles. The highest BCUT2D eigenvalue weighted by Crippen LogP contribution is 2.74. The standard InChI is InChI=1S/C15H26O/c1-13(2)7-5-8-14(3)10-6-9-15(4,16)12(14)11(10)13/h10-12,16H,5-9H2,1-4H3/t10?,11?,12?,14?,15-/m0/s1. The number of aliphatic hydroxyl groups is 1. The van der Waals surface area contributed by atoms with Gasteiger partial charge in [-0.1, -0.05) is 27.2 Å². The van der Waals surface area contributed by atoms with Crippen molar-refractivity contribution in [3.63, 3.8) is 0 Å². The van der Waals surface area contributed by atoms with Crippen LogP contribution < -0.4 is 0 Å². The quantitative estimate of drug-likeness (QED) is 0.664. The Morgan fingerprint density at radius 3 is 2.31 bits per heavy atom. The molecule has 1 nitrogen and oxygen atoms in total. The number of hydrogen-bond acceptors (Lipinski definition) is 1. The molecule has 0 aromatic carbocycles. The van der Waals surface area contributed by atoms with Crippen LogP contribution in [0.5, 0.6) is 0 Å². The van der Waals surface area contributed by atoms with E-state index in [2.05, 4.69) is 27.7 Å². The smallest absolute Gasteiger partial charge is 0.0656 e. The molecule has 1 N–H and O–H groups in total. The molecule has 0 aliphatic heterocycles. The second-order valence-electron chi connectivity index (χ2n) is 7.85. The van der Waals surface area contributed by atoms with Crippen molar-refractivity contribution in [3.05, 3.63) is 0 Å². The molecule has 0 amide bonds. The van der Waals surface area contributed by atoms with Crippen molar-refractivity contribution in [2.75, 3.05) is 0 Å². The molecule has 1 heteroatoms. The van der Waals surface area contributed by atoms with Gasteiger partial charge in [-0.15, -0.1) is 0 Å². The van der Waals surface area contributed by atoms with E-state index < -0.39 is 5.60 Å². The molecule has 3 fully saturated rings. The van der Waals surface area contributed by atoms with Crippen molar-refractivity contribution in [1.82, 2.24) is 0 Å². The summed E-state index contributed by atoms with van der Waals surface area (Å²) in [6.45, 7) is 9.42. The van der Waals surface area contributed by atoms with Crippen molar-refractivity contribution in [2.45, 2.75) is 65.4 Å². The average molecular weight is 222 g/mol. The molecule has 3 saturated carbocycles. The van der Waals surface area contributed by atoms with Gasteiger partial charge < -0.3 is 5.11 Å². The lowest BCUT2D eigenvalue weighted by molar-refractivity contribution is -0.267. The molecule has 16 heavy (non-hydrogen) atoms. The first-order valence-corrected chi connectivity index (χ1v) is 7.01. The molecule has 3 aliphatic rings. The Morgan fingerprint density at radius 2 is 1.69 bits per heavy atom. The highest BCUT2D eigenvalue weighted by Gasteiger charge is 2.70. The largest absolute Gasteiger partial charge is 0.390 e. The van der Waals surface area contributed by atoms with E-state index in [9.17, 15) is 5.11 Å². The summed E-state index contributed by atoms with van der Waals surface area (Å²) in [5.74, 6) is 2.25. The Bertz CT molecular complexity index is 315. The van der Waals surface area contributed by atoms with Crippen LogP contribution in [0.3, 0.4) is 0 Å². The van der Waals surface area contributed by atoms with E-state index in [-0.39, 0.29) is 0 Å². The monoisotopic (exact) mass is 222 g/mol. The third-order valence-electron chi connectivity index (χ3n) is 6.42. The van der Waals surface area contributed by atoms with Crippen molar-refractivity contribution >= 4 is 0 Å². The van der Waals surface area contributed by atoms with Crippen molar-refractivity contribution in [3.8, 4) is 0 Å². The van der Waals surface area contributed by atoms with Gasteiger partial charge in [0.1, 0.15) is 0 Å². The summed E-state index contributed by atoms with van der Waals surface area (Å²) in [5, 5.41) is 10.7. The second kappa shape index (κ2) is 2.85. The fraction of sp³-hybridized carbons (Fsp3) is 1.00. The maximum Gasteiger partial charge on any atom is 0.0656 e. The Kier molecular flexibility index (Phi) is 1.98. The van der Waals surface area contributed by atoms with Gasteiger partial charge in [-0.05, 0) is 61.2 Å². The zero-order valence-corrected chi connectivity index (χ0v) is 11.2. The molecule has 4 unspecified atom stereocenters. The van der Waals surface area contributed by atoms with Crippen LogP contribution >= 0.6 is 0 Å². The summed E-state index contributed by atoms with van der Waals surface area (Å²) in [4.78, 5) is 0. The second-order valence-corrected chi connectivity index (χ2v) is 7.85. The Labute approximate surface area is 99.6 Å². The summed E-state index contributed by atoms with van der Waals surface area (Å²) >= 11 is 0. The van der Waals surface area contributed by atoms with Gasteiger partial charge in [0.05, 0.1) is 5.60 Å². The molecule has 0 heterocycles. The van der Waals surface area contributed by atoms with Crippen LogP contribution in [0, 0.1) is 28.6 Å². The Balaban J connectivity index is 2.04. The van der Waals surface area contributed by atoms with Crippen LogP contribution in [0.4, 0.5) is 0 Å². The van der Waals surface area contributed by atoms with Gasteiger partial charge >= 0.3 is 0 Å². The maximum atomic E-state index is 10.7. The molecule has 0 aromatic rings. The average Bonchev–Trinajstić information content (AvgIpc) is 2.28. The fourth-order valence-corrected chi connectivity index (χ4v) is 5.80. The normalized spacial score (nSPS) is 58.7. The van der Waals surface area contributed by atoms with Crippen LogP contribution in [0.1, 0.15) is 59.8 Å². The van der Waals surface area contributed by atoms with E-state index in [4.69, 9.17) is 0 Å². The minimum atomic E-state index is -0.393. The minimum Gasteiger partial charge on any atom is -0.390 e. The summed E-state index contributed by atoms with van der Waals surface area (Å²) in [6, 6.07) is 0. The summed E-state index contributed by atoms with van der Waals surface area (Å²) < 4.78 is 0. The van der Waals surface area contributed by atoms with Crippen LogP contribution in [-0.2, 0) is 0 Å². The van der Waals surface area contributed by atoms with E-state index in [1.807, 2.05) is 0 Å². The third kappa shape index (κ3) is 1.11. The lowest BCUT2D eigenvalue weighted by Gasteiger charge is -2.71. The predicted molar refractivity (Wildman–Crippen MR) is 66.1 cm³/mol. The zero-order valence-electron chi connectivity index (χ0n) is 11.2. The van der Waals surface area contributed by atoms with E-state index in [1.165, 1.54) is 25.7 Å².